The van der Waals surface area contributed by atoms with Crippen molar-refractivity contribution >= 4 is 5.97 Å². The minimum atomic E-state index is -4.48. The van der Waals surface area contributed by atoms with E-state index in [4.69, 9.17) is 5.11 Å². The normalized spacial score (nSPS) is 27.1. The number of carbonyl (C=O) groups is 1. The molecule has 1 aliphatic heterocycles. The average Bonchev–Trinajstić information content (AvgIpc) is 2.02. The molecule has 0 spiro atoms. The Bertz CT molecular complexity index is 262. The second-order valence-corrected chi connectivity index (χ2v) is 3.26. The van der Waals surface area contributed by atoms with Crippen LogP contribution in [0.4, 0.5) is 13.2 Å². The maximum absolute atomic E-state index is 12.1. The lowest BCUT2D eigenvalue weighted by Crippen LogP contribution is -2.53. The maximum Gasteiger partial charge on any atom is 0.391 e. The average molecular weight is 209 g/mol. The highest BCUT2D eigenvalue weighted by Gasteiger charge is 2.47. The van der Waals surface area contributed by atoms with Crippen molar-refractivity contribution < 1.29 is 23.1 Å². The van der Waals surface area contributed by atoms with Crippen LogP contribution in [-0.2, 0) is 4.79 Å². The quantitative estimate of drug-likeness (QED) is 0.727. The molecule has 1 unspecified atom stereocenters. The van der Waals surface area contributed by atoms with Gasteiger partial charge in [0.1, 0.15) is 5.54 Å². The van der Waals surface area contributed by atoms with E-state index in [9.17, 15) is 18.0 Å². The Morgan fingerprint density at radius 2 is 2.21 bits per heavy atom. The van der Waals surface area contributed by atoms with Crippen molar-refractivity contribution in [2.75, 3.05) is 0 Å². The zero-order valence-electron chi connectivity index (χ0n) is 7.27. The highest BCUT2D eigenvalue weighted by atomic mass is 19.4. The summed E-state index contributed by atoms with van der Waals surface area (Å²) in [6.07, 6.45) is -2.65. The van der Waals surface area contributed by atoms with Crippen molar-refractivity contribution in [1.29, 1.82) is 0 Å². The molecule has 14 heavy (non-hydrogen) atoms. The molecule has 0 fully saturated rings. The Morgan fingerprint density at radius 1 is 1.57 bits per heavy atom. The van der Waals surface area contributed by atoms with Gasteiger partial charge in [0.2, 0.25) is 0 Å². The lowest BCUT2D eigenvalue weighted by Gasteiger charge is -2.32. The fraction of sp³-hybridized carbons (Fsp3) is 0.625. The molecule has 80 valence electrons. The number of nitrogens with one attached hydrogen (secondary N) is 1. The predicted molar refractivity (Wildman–Crippen MR) is 42.5 cm³/mol. The van der Waals surface area contributed by atoms with Gasteiger partial charge in [-0.15, -0.1) is 0 Å². The Balaban J connectivity index is 2.83. The smallest absolute Gasteiger partial charge is 0.391 e. The number of halogens is 3. The molecule has 0 radical (unpaired) electrons. The van der Waals surface area contributed by atoms with Gasteiger partial charge in [-0.2, -0.15) is 13.2 Å². The number of carboxylic acids is 1. The first-order chi connectivity index (χ1) is 6.36. The van der Waals surface area contributed by atoms with E-state index in [2.05, 4.69) is 5.32 Å². The molecule has 2 N–H and O–H groups in total. The van der Waals surface area contributed by atoms with Crippen molar-refractivity contribution in [3.05, 3.63) is 12.3 Å². The van der Waals surface area contributed by atoms with Gasteiger partial charge in [0.05, 0.1) is 6.42 Å². The topological polar surface area (TPSA) is 49.3 Å². The first kappa shape index (κ1) is 10.9. The van der Waals surface area contributed by atoms with Crippen molar-refractivity contribution in [1.82, 2.24) is 5.32 Å². The zero-order chi connectivity index (χ0) is 10.8. The summed E-state index contributed by atoms with van der Waals surface area (Å²) in [5, 5.41) is 11.0. The van der Waals surface area contributed by atoms with Crippen LogP contribution in [0.25, 0.3) is 0 Å². The van der Waals surface area contributed by atoms with Crippen LogP contribution in [-0.4, -0.2) is 22.8 Å². The molecule has 0 bridgehead atoms. The number of carboxylic acid groups (broad SMARTS) is 1. The van der Waals surface area contributed by atoms with Gasteiger partial charge in [-0.05, 0) is 19.0 Å². The summed E-state index contributed by atoms with van der Waals surface area (Å²) >= 11 is 0. The number of aliphatic carboxylic acids is 1. The molecule has 6 heteroatoms. The third kappa shape index (κ3) is 2.40. The van der Waals surface area contributed by atoms with Crippen LogP contribution in [0.2, 0.25) is 0 Å². The predicted octanol–water partition coefficient (Wildman–Crippen LogP) is 1.66. The highest BCUT2D eigenvalue weighted by Crippen LogP contribution is 2.32. The second-order valence-electron chi connectivity index (χ2n) is 3.26. The van der Waals surface area contributed by atoms with E-state index in [1.807, 2.05) is 0 Å². The van der Waals surface area contributed by atoms with E-state index in [0.29, 0.717) is 6.42 Å². The van der Waals surface area contributed by atoms with Gasteiger partial charge < -0.3 is 10.4 Å². The number of hydrogen-bond donors (Lipinski definition) is 2. The molecular weight excluding hydrogens is 199 g/mol. The van der Waals surface area contributed by atoms with E-state index in [0.717, 1.165) is 0 Å². The Morgan fingerprint density at radius 3 is 2.57 bits per heavy atom. The van der Waals surface area contributed by atoms with E-state index in [1.54, 1.807) is 6.08 Å². The van der Waals surface area contributed by atoms with E-state index in [1.165, 1.54) is 6.20 Å². The van der Waals surface area contributed by atoms with Gasteiger partial charge in [-0.25, -0.2) is 4.79 Å². The monoisotopic (exact) mass is 209 g/mol. The summed E-state index contributed by atoms with van der Waals surface area (Å²) in [7, 11) is 0. The van der Waals surface area contributed by atoms with Crippen LogP contribution in [0.3, 0.4) is 0 Å². The molecule has 1 rings (SSSR count). The summed E-state index contributed by atoms with van der Waals surface area (Å²) in [5.41, 5.74) is -1.88. The largest absolute Gasteiger partial charge is 0.480 e. The molecule has 0 aliphatic carbocycles. The van der Waals surface area contributed by atoms with Gasteiger partial charge in [0, 0.05) is 0 Å². The summed E-state index contributed by atoms with van der Waals surface area (Å²) in [6, 6.07) is 0. The van der Waals surface area contributed by atoms with E-state index < -0.39 is 24.1 Å². The summed E-state index contributed by atoms with van der Waals surface area (Å²) in [6.45, 7) is 0. The number of rotatable bonds is 2. The molecule has 0 saturated heterocycles. The zero-order valence-corrected chi connectivity index (χ0v) is 7.27. The second kappa shape index (κ2) is 3.51. The van der Waals surface area contributed by atoms with E-state index in [-0.39, 0.29) is 6.42 Å². The molecule has 0 aromatic heterocycles. The van der Waals surface area contributed by atoms with Crippen molar-refractivity contribution in [2.24, 2.45) is 0 Å². The van der Waals surface area contributed by atoms with Crippen molar-refractivity contribution in [3.8, 4) is 0 Å². The van der Waals surface area contributed by atoms with Crippen LogP contribution in [0.5, 0.6) is 0 Å². The van der Waals surface area contributed by atoms with Crippen LogP contribution < -0.4 is 5.32 Å². The number of alkyl halides is 3. The van der Waals surface area contributed by atoms with Crippen LogP contribution in [0.1, 0.15) is 19.3 Å². The molecule has 1 aliphatic rings. The maximum atomic E-state index is 12.1. The van der Waals surface area contributed by atoms with Crippen molar-refractivity contribution in [2.45, 2.75) is 31.0 Å². The molecule has 1 atom stereocenters. The van der Waals surface area contributed by atoms with Gasteiger partial charge >= 0.3 is 12.1 Å². The summed E-state index contributed by atoms with van der Waals surface area (Å²) in [4.78, 5) is 10.8. The summed E-state index contributed by atoms with van der Waals surface area (Å²) in [5.74, 6) is -1.46. The Labute approximate surface area is 78.6 Å². The minimum Gasteiger partial charge on any atom is -0.480 e. The minimum absolute atomic E-state index is 0.0433. The van der Waals surface area contributed by atoms with Crippen LogP contribution in [0, 0.1) is 0 Å². The number of allylic oxidation sites excluding steroid dienone is 1. The third-order valence-corrected chi connectivity index (χ3v) is 2.13. The Hall–Kier alpha value is -1.20. The van der Waals surface area contributed by atoms with Crippen molar-refractivity contribution in [3.63, 3.8) is 0 Å². The molecule has 0 aromatic rings. The SMILES string of the molecule is O=C(O)C1(CC(F)(F)F)CCC=CN1. The molecule has 3 nitrogen and oxygen atoms in total. The molecular formula is C8H10F3NO2. The van der Waals surface area contributed by atoms with Gasteiger partial charge in [-0.3, -0.25) is 0 Å². The first-order valence-electron chi connectivity index (χ1n) is 4.09. The van der Waals surface area contributed by atoms with Crippen LogP contribution in [0.15, 0.2) is 12.3 Å². The van der Waals surface area contributed by atoms with Gasteiger partial charge in [0.25, 0.3) is 0 Å². The molecule has 0 amide bonds. The lowest BCUT2D eigenvalue weighted by molar-refractivity contribution is -0.170. The van der Waals surface area contributed by atoms with Gasteiger partial charge in [-0.1, -0.05) is 6.08 Å². The van der Waals surface area contributed by atoms with E-state index >= 15 is 0 Å². The fourth-order valence-corrected chi connectivity index (χ4v) is 1.43. The molecule has 1 heterocycles. The fourth-order valence-electron chi connectivity index (χ4n) is 1.43. The molecule has 0 saturated carbocycles. The lowest BCUT2D eigenvalue weighted by atomic mass is 9.87. The number of hydrogen-bond acceptors (Lipinski definition) is 2. The summed E-state index contributed by atoms with van der Waals surface area (Å²) < 4.78 is 36.4. The van der Waals surface area contributed by atoms with Gasteiger partial charge in [0.15, 0.2) is 0 Å². The standard InChI is InChI=1S/C8H10F3NO2/c9-8(10,11)5-7(6(13)14)3-1-2-4-12-7/h2,4,12H,1,3,5H2,(H,13,14). The molecule has 0 aromatic carbocycles. The third-order valence-electron chi connectivity index (χ3n) is 2.13. The van der Waals surface area contributed by atoms with Crippen LogP contribution >= 0.6 is 0 Å². The Kier molecular flexibility index (Phi) is 2.73. The first-order valence-corrected chi connectivity index (χ1v) is 4.09. The highest BCUT2D eigenvalue weighted by molar-refractivity contribution is 5.79.